The summed E-state index contributed by atoms with van der Waals surface area (Å²) in [6.45, 7) is 5.92. The van der Waals surface area contributed by atoms with Crippen molar-refractivity contribution in [1.29, 1.82) is 0 Å². The fraction of sp³-hybridized carbons (Fsp3) is 0.188. The summed E-state index contributed by atoms with van der Waals surface area (Å²) < 4.78 is 15.1. The van der Waals surface area contributed by atoms with Crippen LogP contribution in [-0.4, -0.2) is 9.78 Å². The van der Waals surface area contributed by atoms with E-state index < -0.39 is 0 Å². The number of aryl methyl sites for hydroxylation is 3. The second-order valence-corrected chi connectivity index (χ2v) is 5.11. The zero-order chi connectivity index (χ0) is 14.5. The minimum absolute atomic E-state index is 0.219. The maximum Gasteiger partial charge on any atom is 0.284 e. The highest BCUT2D eigenvalue weighted by Gasteiger charge is 2.08. The van der Waals surface area contributed by atoms with Crippen molar-refractivity contribution in [2.75, 3.05) is 0 Å². The number of hydrogen-bond donors (Lipinski definition) is 1. The van der Waals surface area contributed by atoms with Crippen molar-refractivity contribution >= 4 is 23.0 Å². The van der Waals surface area contributed by atoms with Gasteiger partial charge in [-0.15, -0.1) is 0 Å². The summed E-state index contributed by atoms with van der Waals surface area (Å²) in [5.74, 6) is 0.694. The highest BCUT2D eigenvalue weighted by atomic mass is 32.2. The van der Waals surface area contributed by atoms with E-state index in [2.05, 4.69) is 4.99 Å². The summed E-state index contributed by atoms with van der Waals surface area (Å²) >= 11 is 0.513. The Balaban J connectivity index is 2.33. The van der Waals surface area contributed by atoms with Crippen molar-refractivity contribution in [2.45, 2.75) is 20.8 Å². The molecule has 0 saturated heterocycles. The molecule has 3 nitrogen and oxygen atoms in total. The molecule has 0 radical (unpaired) electrons. The first-order valence-corrected chi connectivity index (χ1v) is 7.09. The van der Waals surface area contributed by atoms with Crippen molar-refractivity contribution in [3.05, 3.63) is 59.2 Å². The Morgan fingerprint density at radius 1 is 0.950 bits per heavy atom. The van der Waals surface area contributed by atoms with Crippen LogP contribution in [0.4, 0.5) is 5.69 Å². The van der Waals surface area contributed by atoms with Gasteiger partial charge in [-0.2, -0.15) is 0 Å². The molecule has 0 heterocycles. The van der Waals surface area contributed by atoms with Crippen LogP contribution in [0.5, 0.6) is 5.75 Å². The Morgan fingerprint density at radius 2 is 1.55 bits per heavy atom. The molecule has 0 aliphatic heterocycles. The number of ether oxygens (including phenoxy) is 1. The van der Waals surface area contributed by atoms with Crippen molar-refractivity contribution in [2.24, 2.45) is 4.99 Å². The van der Waals surface area contributed by atoms with Gasteiger partial charge in [0.1, 0.15) is 5.75 Å². The largest absolute Gasteiger partial charge is 0.432 e. The molecule has 0 aromatic heterocycles. The summed E-state index contributed by atoms with van der Waals surface area (Å²) in [4.78, 5) is 4.42. The van der Waals surface area contributed by atoms with Crippen molar-refractivity contribution in [3.63, 3.8) is 0 Å². The van der Waals surface area contributed by atoms with Crippen LogP contribution in [0, 0.1) is 20.8 Å². The van der Waals surface area contributed by atoms with Gasteiger partial charge in [0.15, 0.2) is 0 Å². The van der Waals surface area contributed by atoms with E-state index in [1.54, 1.807) is 0 Å². The van der Waals surface area contributed by atoms with Crippen LogP contribution in [0.1, 0.15) is 16.7 Å². The van der Waals surface area contributed by atoms with Crippen LogP contribution in [0.3, 0.4) is 0 Å². The lowest BCUT2D eigenvalue weighted by molar-refractivity contribution is 0.554. The highest BCUT2D eigenvalue weighted by molar-refractivity contribution is 8.08. The molecule has 0 aliphatic rings. The minimum Gasteiger partial charge on any atom is -0.432 e. The molecule has 2 aromatic rings. The molecule has 0 fully saturated rings. The second-order valence-electron chi connectivity index (χ2n) is 4.58. The number of rotatable bonds is 2. The summed E-state index contributed by atoms with van der Waals surface area (Å²) in [5, 5.41) is 0.219. The Hall–Kier alpha value is -1.78. The fourth-order valence-corrected chi connectivity index (χ4v) is 2.16. The van der Waals surface area contributed by atoms with Crippen LogP contribution in [0.2, 0.25) is 0 Å². The van der Waals surface area contributed by atoms with Crippen LogP contribution in [0.25, 0.3) is 0 Å². The molecular weight excluding hydrogens is 270 g/mol. The molecular formula is C16H17NO2S. The highest BCUT2D eigenvalue weighted by Crippen LogP contribution is 2.26. The van der Waals surface area contributed by atoms with Gasteiger partial charge in [0, 0.05) is 0 Å². The topological polar surface area (TPSA) is 41.8 Å². The van der Waals surface area contributed by atoms with E-state index in [1.165, 1.54) is 0 Å². The van der Waals surface area contributed by atoms with Gasteiger partial charge in [-0.25, -0.2) is 4.99 Å². The molecule has 0 unspecified atom stereocenters. The number of nitrogens with zero attached hydrogens (tertiary/aromatic N) is 1. The quantitative estimate of drug-likeness (QED) is 0.486. The lowest BCUT2D eigenvalue weighted by Gasteiger charge is -2.10. The number of aliphatic imine (C=N–C) groups is 1. The zero-order valence-electron chi connectivity index (χ0n) is 11.8. The van der Waals surface area contributed by atoms with Crippen LogP contribution in [-0.2, 0) is 0 Å². The van der Waals surface area contributed by atoms with E-state index in [0.717, 1.165) is 22.4 Å². The Bertz CT molecular complexity index is 618. The van der Waals surface area contributed by atoms with Crippen LogP contribution >= 0.6 is 12.0 Å². The molecule has 2 aromatic carbocycles. The van der Waals surface area contributed by atoms with E-state index in [0.29, 0.717) is 17.8 Å². The smallest absolute Gasteiger partial charge is 0.284 e. The first-order chi connectivity index (χ1) is 9.61. The van der Waals surface area contributed by atoms with E-state index >= 15 is 0 Å². The standard InChI is InChI=1S/C16H17NO2S/c1-11-7-4-5-10-14(11)19-16(20-18)17-15-12(2)8-6-9-13(15)3/h4-10,18H,1-3H3. The fourth-order valence-electron chi connectivity index (χ4n) is 1.90. The molecule has 4 heteroatoms. The average molecular weight is 287 g/mol. The third kappa shape index (κ3) is 3.40. The number of hydrogen-bond acceptors (Lipinski definition) is 4. The first kappa shape index (κ1) is 14.6. The molecule has 0 saturated carbocycles. The summed E-state index contributed by atoms with van der Waals surface area (Å²) in [7, 11) is 0. The van der Waals surface area contributed by atoms with Crippen LogP contribution < -0.4 is 4.74 Å². The number of para-hydroxylation sites is 2. The van der Waals surface area contributed by atoms with Crippen molar-refractivity contribution in [1.82, 2.24) is 0 Å². The van der Waals surface area contributed by atoms with E-state index in [4.69, 9.17) is 4.74 Å². The molecule has 0 spiro atoms. The van der Waals surface area contributed by atoms with E-state index in [1.807, 2.05) is 63.2 Å². The van der Waals surface area contributed by atoms with Gasteiger partial charge >= 0.3 is 0 Å². The van der Waals surface area contributed by atoms with Gasteiger partial charge in [0.2, 0.25) is 0 Å². The second kappa shape index (κ2) is 6.59. The molecule has 0 amide bonds. The SMILES string of the molecule is Cc1ccccc1OC(=Nc1c(C)cccc1C)SO. The van der Waals surface area contributed by atoms with Gasteiger partial charge in [0.05, 0.1) is 17.7 Å². The Kier molecular flexibility index (Phi) is 4.82. The Labute approximate surface area is 123 Å². The maximum atomic E-state index is 9.38. The molecule has 0 aliphatic carbocycles. The zero-order valence-corrected chi connectivity index (χ0v) is 12.6. The predicted octanol–water partition coefficient (Wildman–Crippen LogP) is 4.88. The summed E-state index contributed by atoms with van der Waals surface area (Å²) in [6, 6.07) is 13.6. The minimum atomic E-state index is 0.219. The third-order valence-electron chi connectivity index (χ3n) is 3.01. The monoisotopic (exact) mass is 287 g/mol. The van der Waals surface area contributed by atoms with Crippen molar-refractivity contribution < 1.29 is 9.29 Å². The van der Waals surface area contributed by atoms with Gasteiger partial charge in [-0.1, -0.05) is 36.4 Å². The van der Waals surface area contributed by atoms with Crippen LogP contribution in [0.15, 0.2) is 47.5 Å². The lowest BCUT2D eigenvalue weighted by Crippen LogP contribution is -2.04. The molecule has 0 bridgehead atoms. The molecule has 0 atom stereocenters. The average Bonchev–Trinajstić information content (AvgIpc) is 2.44. The predicted molar refractivity (Wildman–Crippen MR) is 85.0 cm³/mol. The van der Waals surface area contributed by atoms with Gasteiger partial charge in [-0.05, 0) is 43.5 Å². The molecule has 104 valence electrons. The lowest BCUT2D eigenvalue weighted by atomic mass is 10.1. The molecule has 20 heavy (non-hydrogen) atoms. The van der Waals surface area contributed by atoms with Gasteiger partial charge in [0.25, 0.3) is 5.23 Å². The first-order valence-electron chi connectivity index (χ1n) is 6.31. The van der Waals surface area contributed by atoms with Gasteiger partial charge < -0.3 is 9.29 Å². The van der Waals surface area contributed by atoms with Gasteiger partial charge in [-0.3, -0.25) is 0 Å². The Morgan fingerprint density at radius 3 is 2.15 bits per heavy atom. The van der Waals surface area contributed by atoms with Crippen molar-refractivity contribution in [3.8, 4) is 5.75 Å². The molecule has 1 N–H and O–H groups in total. The van der Waals surface area contributed by atoms with E-state index in [-0.39, 0.29) is 5.23 Å². The summed E-state index contributed by atoms with van der Waals surface area (Å²) in [6.07, 6.45) is 0. The van der Waals surface area contributed by atoms with E-state index in [9.17, 15) is 4.55 Å². The molecule has 2 rings (SSSR count). The maximum absolute atomic E-state index is 9.38. The third-order valence-corrected chi connectivity index (χ3v) is 3.34. The normalized spacial score (nSPS) is 11.5. The number of benzene rings is 2. The summed E-state index contributed by atoms with van der Waals surface area (Å²) in [5.41, 5.74) is 3.92.